The number of hydrogen-bond acceptors (Lipinski definition) is 7. The fourth-order valence-corrected chi connectivity index (χ4v) is 5.91. The summed E-state index contributed by atoms with van der Waals surface area (Å²) in [5, 5.41) is 2.84. The maximum atomic E-state index is 13.5. The van der Waals surface area contributed by atoms with Crippen LogP contribution in [-0.4, -0.2) is 62.1 Å². The fourth-order valence-electron chi connectivity index (χ4n) is 4.27. The highest BCUT2D eigenvalue weighted by atomic mass is 32.2. The number of benzene rings is 3. The van der Waals surface area contributed by atoms with Crippen LogP contribution >= 0.6 is 0 Å². The summed E-state index contributed by atoms with van der Waals surface area (Å²) in [5.41, 5.74) is 2.19. The Kier molecular flexibility index (Phi) is 7.76. The van der Waals surface area contributed by atoms with Crippen LogP contribution in [0.3, 0.4) is 0 Å². The van der Waals surface area contributed by atoms with E-state index in [4.69, 9.17) is 14.2 Å². The van der Waals surface area contributed by atoms with Gasteiger partial charge in [-0.05, 0) is 85.6 Å². The lowest BCUT2D eigenvalue weighted by atomic mass is 10.1. The van der Waals surface area contributed by atoms with Crippen LogP contribution in [0.15, 0.2) is 83.9 Å². The molecule has 1 saturated carbocycles. The molecule has 1 aromatic heterocycles. The number of sulfonamides is 1. The lowest BCUT2D eigenvalue weighted by Gasteiger charge is -2.21. The number of methoxy groups -OCH3 is 3. The molecule has 0 saturated heterocycles. The number of nitrogens with zero attached hydrogens (tertiary/aromatic N) is 3. The number of imidazole rings is 1. The number of aromatic nitrogens is 2. The third-order valence-corrected chi connectivity index (χ3v) is 8.53. The average Bonchev–Trinajstić information content (AvgIpc) is 3.75. The molecule has 0 spiro atoms. The van der Waals surface area contributed by atoms with E-state index >= 15 is 0 Å². The van der Waals surface area contributed by atoms with Crippen molar-refractivity contribution in [2.75, 3.05) is 33.2 Å². The van der Waals surface area contributed by atoms with Gasteiger partial charge in [-0.2, -0.15) is 4.31 Å². The van der Waals surface area contributed by atoms with E-state index in [0.717, 1.165) is 11.3 Å². The van der Waals surface area contributed by atoms with Gasteiger partial charge < -0.3 is 14.2 Å². The number of amides is 1. The largest absolute Gasteiger partial charge is 0.497 e. The zero-order chi connectivity index (χ0) is 28.3. The highest BCUT2D eigenvalue weighted by Gasteiger charge is 2.39. The summed E-state index contributed by atoms with van der Waals surface area (Å²) in [5.74, 6) is 1.72. The van der Waals surface area contributed by atoms with Gasteiger partial charge in [0.15, 0.2) is 0 Å². The molecule has 5 rings (SSSR count). The van der Waals surface area contributed by atoms with Crippen LogP contribution in [0, 0.1) is 0 Å². The van der Waals surface area contributed by atoms with Gasteiger partial charge in [0.25, 0.3) is 0 Å². The topological polar surface area (TPSA) is 112 Å². The molecule has 1 aliphatic carbocycles. The number of hydrogen-bond donors (Lipinski definition) is 1. The Hall–Kier alpha value is -4.35. The number of ether oxygens (including phenoxy) is 3. The van der Waals surface area contributed by atoms with Crippen molar-refractivity contribution in [2.45, 2.75) is 23.8 Å². The second-order valence-electron chi connectivity index (χ2n) is 9.25. The molecule has 1 heterocycles. The summed E-state index contributed by atoms with van der Waals surface area (Å²) in [4.78, 5) is 18.1. The van der Waals surface area contributed by atoms with Crippen LogP contribution < -0.4 is 19.5 Å². The molecule has 10 nitrogen and oxygen atoms in total. The first-order chi connectivity index (χ1) is 19.3. The van der Waals surface area contributed by atoms with Crippen molar-refractivity contribution >= 4 is 21.9 Å². The fraction of sp³-hybridized carbons (Fsp3) is 0.241. The molecule has 4 aromatic rings. The van der Waals surface area contributed by atoms with E-state index in [9.17, 15) is 13.2 Å². The average molecular weight is 563 g/mol. The van der Waals surface area contributed by atoms with E-state index in [2.05, 4.69) is 10.3 Å². The van der Waals surface area contributed by atoms with Gasteiger partial charge in [0, 0.05) is 23.5 Å². The Morgan fingerprint density at radius 3 is 1.93 bits per heavy atom. The molecule has 1 fully saturated rings. The van der Waals surface area contributed by atoms with Crippen LogP contribution in [-0.2, 0) is 14.8 Å². The molecule has 11 heteroatoms. The third-order valence-electron chi connectivity index (χ3n) is 6.61. The number of rotatable bonds is 11. The van der Waals surface area contributed by atoms with Gasteiger partial charge in [-0.3, -0.25) is 14.7 Å². The van der Waals surface area contributed by atoms with Crippen LogP contribution in [0.2, 0.25) is 0 Å². The Balaban J connectivity index is 1.43. The lowest BCUT2D eigenvalue weighted by molar-refractivity contribution is -0.116. The van der Waals surface area contributed by atoms with Crippen LogP contribution in [0.25, 0.3) is 16.9 Å². The smallest absolute Gasteiger partial charge is 0.243 e. The van der Waals surface area contributed by atoms with E-state index in [1.165, 1.54) is 23.5 Å². The maximum absolute atomic E-state index is 13.5. The van der Waals surface area contributed by atoms with E-state index in [1.807, 2.05) is 54.7 Å². The molecule has 1 aliphatic rings. The second-order valence-corrected chi connectivity index (χ2v) is 11.1. The van der Waals surface area contributed by atoms with E-state index in [1.54, 1.807) is 30.9 Å². The summed E-state index contributed by atoms with van der Waals surface area (Å²) < 4.78 is 45.6. The SMILES string of the molecule is COc1ccc(-c2cn(-c3ccc(OC)cc3)c(NC(=O)CN(C3CC3)S(=O)(=O)c3ccc(OC)cc3)n2)cc1. The molecular weight excluding hydrogens is 532 g/mol. The maximum Gasteiger partial charge on any atom is 0.243 e. The Bertz CT molecular complexity index is 1580. The van der Waals surface area contributed by atoms with Crippen molar-refractivity contribution in [1.29, 1.82) is 0 Å². The Morgan fingerprint density at radius 2 is 1.40 bits per heavy atom. The lowest BCUT2D eigenvalue weighted by Crippen LogP contribution is -2.39. The van der Waals surface area contributed by atoms with Crippen molar-refractivity contribution in [3.63, 3.8) is 0 Å². The standard InChI is InChI=1S/C29H30N4O6S/c1-37-23-10-4-20(5-11-23)27-18-32(21-8-12-24(38-2)13-9-21)29(30-27)31-28(34)19-33(22-6-7-22)40(35,36)26-16-14-25(39-3)15-17-26/h4-5,8-18,22H,6-7,19H2,1-3H3,(H,30,31,34). The molecule has 0 bridgehead atoms. The molecule has 208 valence electrons. The van der Waals surface area contributed by atoms with Crippen molar-refractivity contribution in [3.05, 3.63) is 79.0 Å². The van der Waals surface area contributed by atoms with Gasteiger partial charge in [-0.15, -0.1) is 0 Å². The molecular formula is C29H30N4O6S. The van der Waals surface area contributed by atoms with Crippen molar-refractivity contribution in [3.8, 4) is 34.2 Å². The van der Waals surface area contributed by atoms with Gasteiger partial charge in [-0.1, -0.05) is 0 Å². The highest BCUT2D eigenvalue weighted by Crippen LogP contribution is 2.33. The first kappa shape index (κ1) is 27.2. The zero-order valence-corrected chi connectivity index (χ0v) is 23.2. The van der Waals surface area contributed by atoms with Crippen molar-refractivity contribution in [2.24, 2.45) is 0 Å². The molecule has 3 aromatic carbocycles. The van der Waals surface area contributed by atoms with Crippen LogP contribution in [0.4, 0.5) is 5.95 Å². The summed E-state index contributed by atoms with van der Waals surface area (Å²) in [6.07, 6.45) is 3.21. The summed E-state index contributed by atoms with van der Waals surface area (Å²) >= 11 is 0. The minimum absolute atomic E-state index is 0.106. The van der Waals surface area contributed by atoms with E-state index < -0.39 is 15.9 Å². The molecule has 40 heavy (non-hydrogen) atoms. The highest BCUT2D eigenvalue weighted by molar-refractivity contribution is 7.89. The third kappa shape index (κ3) is 5.80. The number of carbonyl (C=O) groups excluding carboxylic acids is 1. The second kappa shape index (κ2) is 11.4. The summed E-state index contributed by atoms with van der Waals surface area (Å²) in [7, 11) is 0.800. The van der Waals surface area contributed by atoms with Crippen molar-refractivity contribution < 1.29 is 27.4 Å². The van der Waals surface area contributed by atoms with Gasteiger partial charge in [0.05, 0.1) is 38.5 Å². The quantitative estimate of drug-likeness (QED) is 0.289. The van der Waals surface area contributed by atoms with Crippen LogP contribution in [0.5, 0.6) is 17.2 Å². The van der Waals surface area contributed by atoms with Gasteiger partial charge in [-0.25, -0.2) is 13.4 Å². The molecule has 1 amide bonds. The monoisotopic (exact) mass is 562 g/mol. The van der Waals surface area contributed by atoms with E-state index in [0.29, 0.717) is 35.8 Å². The number of carbonyl (C=O) groups is 1. The summed E-state index contributed by atoms with van der Waals surface area (Å²) in [6.45, 7) is -0.341. The summed E-state index contributed by atoms with van der Waals surface area (Å²) in [6, 6.07) is 20.6. The van der Waals surface area contributed by atoms with E-state index in [-0.39, 0.29) is 23.4 Å². The predicted octanol–water partition coefficient (Wildman–Crippen LogP) is 4.36. The Morgan fingerprint density at radius 1 is 0.875 bits per heavy atom. The molecule has 0 radical (unpaired) electrons. The predicted molar refractivity (Wildman–Crippen MR) is 151 cm³/mol. The minimum Gasteiger partial charge on any atom is -0.497 e. The molecule has 1 N–H and O–H groups in total. The Labute approximate surface area is 233 Å². The number of nitrogens with one attached hydrogen (secondary N) is 1. The normalized spacial score (nSPS) is 13.2. The van der Waals surface area contributed by atoms with Gasteiger partial charge in [0.2, 0.25) is 21.9 Å². The molecule has 0 unspecified atom stereocenters. The van der Waals surface area contributed by atoms with Crippen LogP contribution in [0.1, 0.15) is 12.8 Å². The molecule has 0 aliphatic heterocycles. The first-order valence-electron chi connectivity index (χ1n) is 12.7. The zero-order valence-electron chi connectivity index (χ0n) is 22.4. The number of anilines is 1. The molecule has 0 atom stereocenters. The van der Waals surface area contributed by atoms with Gasteiger partial charge in [0.1, 0.15) is 17.2 Å². The van der Waals surface area contributed by atoms with Crippen molar-refractivity contribution in [1.82, 2.24) is 13.9 Å². The van der Waals surface area contributed by atoms with Gasteiger partial charge >= 0.3 is 0 Å². The first-order valence-corrected chi connectivity index (χ1v) is 14.1. The minimum atomic E-state index is -3.90.